The van der Waals surface area contributed by atoms with Crippen LogP contribution in [-0.4, -0.2) is 4.98 Å². The maximum atomic E-state index is 4.40. The van der Waals surface area contributed by atoms with Gasteiger partial charge in [0.25, 0.3) is 0 Å². The molecule has 1 unspecified atom stereocenters. The second-order valence-corrected chi connectivity index (χ2v) is 5.54. The van der Waals surface area contributed by atoms with Crippen molar-refractivity contribution in [1.82, 2.24) is 4.98 Å². The van der Waals surface area contributed by atoms with E-state index in [1.54, 1.807) is 11.3 Å². The van der Waals surface area contributed by atoms with Crippen molar-refractivity contribution in [3.05, 3.63) is 52.0 Å². The monoisotopic (exact) mass is 281 g/mol. The Morgan fingerprint density at radius 2 is 2.27 bits per heavy atom. The lowest BCUT2D eigenvalue weighted by molar-refractivity contribution is 0.905. The molecule has 3 heteroatoms. The SMILES string of the molecule is Cc1cccnc1CC(Br)c1cccs1. The van der Waals surface area contributed by atoms with E-state index >= 15 is 0 Å². The first-order valence-electron chi connectivity index (χ1n) is 4.85. The fourth-order valence-corrected chi connectivity index (χ4v) is 2.96. The summed E-state index contributed by atoms with van der Waals surface area (Å²) in [5, 5.41) is 2.11. The van der Waals surface area contributed by atoms with Crippen LogP contribution < -0.4 is 0 Å². The molecule has 0 aliphatic rings. The summed E-state index contributed by atoms with van der Waals surface area (Å²) in [7, 11) is 0. The van der Waals surface area contributed by atoms with Crippen LogP contribution in [0.2, 0.25) is 0 Å². The summed E-state index contributed by atoms with van der Waals surface area (Å²) in [5.41, 5.74) is 2.44. The third kappa shape index (κ3) is 2.67. The average molecular weight is 282 g/mol. The molecule has 0 saturated heterocycles. The van der Waals surface area contributed by atoms with Crippen molar-refractivity contribution in [2.45, 2.75) is 18.2 Å². The van der Waals surface area contributed by atoms with Gasteiger partial charge >= 0.3 is 0 Å². The van der Waals surface area contributed by atoms with Crippen LogP contribution >= 0.6 is 27.3 Å². The molecule has 0 amide bonds. The van der Waals surface area contributed by atoms with Gasteiger partial charge in [-0.25, -0.2) is 0 Å². The molecule has 2 aromatic heterocycles. The highest BCUT2D eigenvalue weighted by Gasteiger charge is 2.11. The summed E-state index contributed by atoms with van der Waals surface area (Å²) in [4.78, 5) is 6.14. The second-order valence-electron chi connectivity index (χ2n) is 3.45. The molecule has 0 bridgehead atoms. The summed E-state index contributed by atoms with van der Waals surface area (Å²) in [6, 6.07) is 8.32. The number of alkyl halides is 1. The lowest BCUT2D eigenvalue weighted by Gasteiger charge is -2.08. The third-order valence-electron chi connectivity index (χ3n) is 2.34. The van der Waals surface area contributed by atoms with Gasteiger partial charge in [-0.05, 0) is 30.0 Å². The van der Waals surface area contributed by atoms with Crippen molar-refractivity contribution in [3.8, 4) is 0 Å². The van der Waals surface area contributed by atoms with E-state index in [0.29, 0.717) is 4.83 Å². The minimum atomic E-state index is 0.381. The van der Waals surface area contributed by atoms with Gasteiger partial charge in [0.05, 0.1) is 4.83 Å². The first-order chi connectivity index (χ1) is 7.27. The zero-order valence-electron chi connectivity index (χ0n) is 8.48. The normalized spacial score (nSPS) is 12.7. The van der Waals surface area contributed by atoms with Crippen LogP contribution in [0.4, 0.5) is 0 Å². The summed E-state index contributed by atoms with van der Waals surface area (Å²) in [6.07, 6.45) is 2.81. The Hall–Kier alpha value is -0.670. The Morgan fingerprint density at radius 3 is 2.93 bits per heavy atom. The minimum Gasteiger partial charge on any atom is -0.261 e. The Balaban J connectivity index is 2.13. The Bertz CT molecular complexity index is 425. The van der Waals surface area contributed by atoms with Crippen LogP contribution in [-0.2, 0) is 6.42 Å². The van der Waals surface area contributed by atoms with Crippen molar-refractivity contribution in [3.63, 3.8) is 0 Å². The molecule has 0 spiro atoms. The average Bonchev–Trinajstić information content (AvgIpc) is 2.74. The van der Waals surface area contributed by atoms with E-state index < -0.39 is 0 Å². The number of aromatic nitrogens is 1. The molecule has 0 aromatic carbocycles. The highest BCUT2D eigenvalue weighted by molar-refractivity contribution is 9.09. The summed E-state index contributed by atoms with van der Waals surface area (Å²) in [6.45, 7) is 2.11. The number of aryl methyl sites for hydroxylation is 1. The van der Waals surface area contributed by atoms with Crippen molar-refractivity contribution >= 4 is 27.3 Å². The highest BCUT2D eigenvalue weighted by Crippen LogP contribution is 2.30. The van der Waals surface area contributed by atoms with Crippen LogP contribution in [0.25, 0.3) is 0 Å². The van der Waals surface area contributed by atoms with Crippen molar-refractivity contribution in [2.75, 3.05) is 0 Å². The number of halogens is 1. The molecule has 15 heavy (non-hydrogen) atoms. The third-order valence-corrected chi connectivity index (χ3v) is 4.45. The minimum absolute atomic E-state index is 0.381. The van der Waals surface area contributed by atoms with Gasteiger partial charge in [-0.1, -0.05) is 28.1 Å². The smallest absolute Gasteiger partial charge is 0.0544 e. The largest absolute Gasteiger partial charge is 0.261 e. The molecule has 1 nitrogen and oxygen atoms in total. The van der Waals surface area contributed by atoms with Gasteiger partial charge in [0.1, 0.15) is 0 Å². The van der Waals surface area contributed by atoms with Gasteiger partial charge in [0.2, 0.25) is 0 Å². The molecule has 0 aliphatic heterocycles. The van der Waals surface area contributed by atoms with Gasteiger partial charge < -0.3 is 0 Å². The molecule has 0 fully saturated rings. The maximum absolute atomic E-state index is 4.40. The van der Waals surface area contributed by atoms with Crippen LogP contribution in [0, 0.1) is 6.92 Å². The number of hydrogen-bond acceptors (Lipinski definition) is 2. The molecule has 0 N–H and O–H groups in total. The topological polar surface area (TPSA) is 12.9 Å². The molecule has 78 valence electrons. The molecule has 2 aromatic rings. The second kappa shape index (κ2) is 4.90. The summed E-state index contributed by atoms with van der Waals surface area (Å²) >= 11 is 5.49. The fourth-order valence-electron chi connectivity index (χ4n) is 1.47. The molecule has 2 rings (SSSR count). The zero-order chi connectivity index (χ0) is 10.7. The van der Waals surface area contributed by atoms with E-state index in [0.717, 1.165) is 6.42 Å². The number of nitrogens with zero attached hydrogens (tertiary/aromatic N) is 1. The van der Waals surface area contributed by atoms with Gasteiger partial charge in [0.15, 0.2) is 0 Å². The summed E-state index contributed by atoms with van der Waals surface area (Å²) in [5.74, 6) is 0. The van der Waals surface area contributed by atoms with Gasteiger partial charge in [-0.2, -0.15) is 0 Å². The number of thiophene rings is 1. The van der Waals surface area contributed by atoms with Crippen LogP contribution in [0.5, 0.6) is 0 Å². The molecule has 0 aliphatic carbocycles. The standard InChI is InChI=1S/C12H12BrNS/c1-9-4-2-6-14-11(9)8-10(13)12-5-3-7-15-12/h2-7,10H,8H2,1H3. The molecule has 2 heterocycles. The molecule has 0 saturated carbocycles. The first-order valence-corrected chi connectivity index (χ1v) is 6.65. The maximum Gasteiger partial charge on any atom is 0.0544 e. The van der Waals surface area contributed by atoms with E-state index in [1.165, 1.54) is 16.1 Å². The van der Waals surface area contributed by atoms with Crippen LogP contribution in [0.1, 0.15) is 21.0 Å². The Kier molecular flexibility index (Phi) is 3.54. The zero-order valence-corrected chi connectivity index (χ0v) is 10.9. The fraction of sp³-hybridized carbons (Fsp3) is 0.250. The quantitative estimate of drug-likeness (QED) is 0.771. The molecule has 1 atom stereocenters. The lowest BCUT2D eigenvalue weighted by Crippen LogP contribution is -1.98. The lowest BCUT2D eigenvalue weighted by atomic mass is 10.1. The first kappa shape index (κ1) is 10.8. The van der Waals surface area contributed by atoms with Crippen molar-refractivity contribution in [1.29, 1.82) is 0 Å². The van der Waals surface area contributed by atoms with Crippen LogP contribution in [0.3, 0.4) is 0 Å². The number of rotatable bonds is 3. The van der Waals surface area contributed by atoms with E-state index in [4.69, 9.17) is 0 Å². The predicted octanol–water partition coefficient (Wildman–Crippen LogP) is 4.13. The van der Waals surface area contributed by atoms with Crippen molar-refractivity contribution < 1.29 is 0 Å². The number of pyridine rings is 1. The van der Waals surface area contributed by atoms with Crippen LogP contribution in [0.15, 0.2) is 35.8 Å². The highest BCUT2D eigenvalue weighted by atomic mass is 79.9. The molecule has 0 radical (unpaired) electrons. The van der Waals surface area contributed by atoms with Gasteiger partial charge in [0, 0.05) is 23.2 Å². The number of hydrogen-bond donors (Lipinski definition) is 0. The van der Waals surface area contributed by atoms with E-state index in [9.17, 15) is 0 Å². The van der Waals surface area contributed by atoms with Crippen molar-refractivity contribution in [2.24, 2.45) is 0 Å². The van der Waals surface area contributed by atoms with E-state index in [2.05, 4.69) is 51.4 Å². The summed E-state index contributed by atoms with van der Waals surface area (Å²) < 4.78 is 0. The van der Waals surface area contributed by atoms with Gasteiger partial charge in [-0.3, -0.25) is 4.98 Å². The van der Waals surface area contributed by atoms with Gasteiger partial charge in [-0.15, -0.1) is 11.3 Å². The van der Waals surface area contributed by atoms with E-state index in [-0.39, 0.29) is 0 Å². The Morgan fingerprint density at radius 1 is 1.40 bits per heavy atom. The molecular formula is C12H12BrNS. The molecular weight excluding hydrogens is 270 g/mol. The predicted molar refractivity (Wildman–Crippen MR) is 68.7 cm³/mol. The Labute approximate surface area is 102 Å². The van der Waals surface area contributed by atoms with E-state index in [1.807, 2.05) is 12.3 Å².